The summed E-state index contributed by atoms with van der Waals surface area (Å²) in [6, 6.07) is 6.33. The Hall–Kier alpha value is -1.22. The Kier molecular flexibility index (Phi) is 5.67. The van der Waals surface area contributed by atoms with E-state index in [1.54, 1.807) is 7.11 Å². The van der Waals surface area contributed by atoms with Crippen molar-refractivity contribution in [2.24, 2.45) is 5.73 Å². The molecular weight excluding hydrogens is 236 g/mol. The van der Waals surface area contributed by atoms with Gasteiger partial charge in [-0.1, -0.05) is 19.9 Å². The van der Waals surface area contributed by atoms with E-state index in [1.807, 2.05) is 6.07 Å². The topological polar surface area (TPSA) is 47.3 Å². The van der Waals surface area contributed by atoms with Crippen molar-refractivity contribution < 1.29 is 4.74 Å². The molecule has 1 rings (SSSR count). The summed E-state index contributed by atoms with van der Waals surface area (Å²) >= 11 is 0. The predicted molar refractivity (Wildman–Crippen MR) is 83.1 cm³/mol. The summed E-state index contributed by atoms with van der Waals surface area (Å²) in [5.41, 5.74) is 8.29. The van der Waals surface area contributed by atoms with Crippen LogP contribution in [0.25, 0.3) is 0 Å². The lowest BCUT2D eigenvalue weighted by molar-refractivity contribution is 0.416. The van der Waals surface area contributed by atoms with Crippen molar-refractivity contribution in [3.8, 4) is 5.75 Å². The maximum absolute atomic E-state index is 5.98. The van der Waals surface area contributed by atoms with Gasteiger partial charge in [0.05, 0.1) is 12.8 Å². The predicted octanol–water partition coefficient (Wildman–Crippen LogP) is 3.75. The van der Waals surface area contributed by atoms with Crippen LogP contribution in [0.15, 0.2) is 18.2 Å². The van der Waals surface area contributed by atoms with Crippen molar-refractivity contribution in [1.29, 1.82) is 0 Å². The molecule has 0 aromatic heterocycles. The smallest absolute Gasteiger partial charge is 0.141 e. The highest BCUT2D eigenvalue weighted by Gasteiger charge is 2.10. The molecule has 0 bridgehead atoms. The maximum atomic E-state index is 5.98. The number of rotatable bonds is 7. The zero-order valence-corrected chi connectivity index (χ0v) is 12.9. The number of anilines is 1. The Morgan fingerprint density at radius 1 is 1.32 bits per heavy atom. The van der Waals surface area contributed by atoms with Gasteiger partial charge in [0.15, 0.2) is 0 Å². The molecule has 0 spiro atoms. The highest BCUT2D eigenvalue weighted by atomic mass is 16.5. The summed E-state index contributed by atoms with van der Waals surface area (Å²) in [4.78, 5) is 0. The molecule has 1 aromatic carbocycles. The molecule has 0 unspecified atom stereocenters. The number of nitrogens with two attached hydrogens (primary N) is 1. The van der Waals surface area contributed by atoms with Crippen LogP contribution in [0.5, 0.6) is 5.75 Å². The van der Waals surface area contributed by atoms with Crippen LogP contribution in [0.1, 0.15) is 52.0 Å². The summed E-state index contributed by atoms with van der Waals surface area (Å²) in [6.45, 7) is 9.43. The van der Waals surface area contributed by atoms with Crippen LogP contribution in [-0.4, -0.2) is 19.2 Å². The van der Waals surface area contributed by atoms with Crippen molar-refractivity contribution in [2.45, 2.75) is 52.0 Å². The molecule has 3 nitrogen and oxygen atoms in total. The normalized spacial score (nSPS) is 11.7. The lowest BCUT2D eigenvalue weighted by Gasteiger charge is -2.19. The zero-order valence-electron chi connectivity index (χ0n) is 12.9. The first-order valence-electron chi connectivity index (χ1n) is 7.04. The van der Waals surface area contributed by atoms with Crippen molar-refractivity contribution in [3.05, 3.63) is 23.8 Å². The molecule has 108 valence electrons. The van der Waals surface area contributed by atoms with E-state index >= 15 is 0 Å². The molecule has 0 fully saturated rings. The minimum Gasteiger partial charge on any atom is -0.495 e. The molecule has 0 heterocycles. The number of nitrogens with one attached hydrogen (secondary N) is 1. The standard InChI is InChI=1S/C16H28N2O/c1-12(2)13-7-8-15(19-5)14(11-13)18-10-6-9-16(3,4)17/h7-8,11-12,18H,6,9-10,17H2,1-5H3. The first-order chi connectivity index (χ1) is 8.83. The SMILES string of the molecule is COc1ccc(C(C)C)cc1NCCCC(C)(C)N. The average molecular weight is 264 g/mol. The van der Waals surface area contributed by atoms with Crippen LogP contribution in [0.2, 0.25) is 0 Å². The quantitative estimate of drug-likeness (QED) is 0.737. The molecule has 0 aliphatic carbocycles. The fraction of sp³-hybridized carbons (Fsp3) is 0.625. The van der Waals surface area contributed by atoms with E-state index in [4.69, 9.17) is 10.5 Å². The van der Waals surface area contributed by atoms with Crippen LogP contribution < -0.4 is 15.8 Å². The van der Waals surface area contributed by atoms with Gasteiger partial charge >= 0.3 is 0 Å². The highest BCUT2D eigenvalue weighted by molar-refractivity contribution is 5.58. The van der Waals surface area contributed by atoms with E-state index in [0.717, 1.165) is 30.8 Å². The average Bonchev–Trinajstić information content (AvgIpc) is 2.33. The monoisotopic (exact) mass is 264 g/mol. The minimum absolute atomic E-state index is 0.0917. The van der Waals surface area contributed by atoms with E-state index < -0.39 is 0 Å². The molecule has 19 heavy (non-hydrogen) atoms. The molecule has 0 saturated carbocycles. The van der Waals surface area contributed by atoms with Gasteiger partial charge in [0.25, 0.3) is 0 Å². The van der Waals surface area contributed by atoms with Gasteiger partial charge in [0.2, 0.25) is 0 Å². The lowest BCUT2D eigenvalue weighted by atomic mass is 10.00. The largest absolute Gasteiger partial charge is 0.495 e. The third-order valence-electron chi connectivity index (χ3n) is 3.20. The molecule has 3 N–H and O–H groups in total. The number of hydrogen-bond acceptors (Lipinski definition) is 3. The molecular formula is C16H28N2O. The van der Waals surface area contributed by atoms with Crippen LogP contribution in [-0.2, 0) is 0 Å². The Balaban J connectivity index is 2.62. The fourth-order valence-corrected chi connectivity index (χ4v) is 1.99. The van der Waals surface area contributed by atoms with Crippen molar-refractivity contribution in [2.75, 3.05) is 19.0 Å². The van der Waals surface area contributed by atoms with E-state index in [1.165, 1.54) is 5.56 Å². The van der Waals surface area contributed by atoms with Gasteiger partial charge in [-0.3, -0.25) is 0 Å². The fourth-order valence-electron chi connectivity index (χ4n) is 1.99. The molecule has 0 saturated heterocycles. The van der Waals surface area contributed by atoms with E-state index in [-0.39, 0.29) is 5.54 Å². The third kappa shape index (κ3) is 5.52. The Labute approximate surface area is 117 Å². The van der Waals surface area contributed by atoms with Gasteiger partial charge in [0, 0.05) is 12.1 Å². The lowest BCUT2D eigenvalue weighted by Crippen LogP contribution is -2.32. The summed E-state index contributed by atoms with van der Waals surface area (Å²) in [7, 11) is 1.71. The van der Waals surface area contributed by atoms with Crippen LogP contribution in [0.4, 0.5) is 5.69 Å². The van der Waals surface area contributed by atoms with Gasteiger partial charge in [-0.25, -0.2) is 0 Å². The Morgan fingerprint density at radius 3 is 2.53 bits per heavy atom. The summed E-state index contributed by atoms with van der Waals surface area (Å²) in [5.74, 6) is 1.42. The molecule has 0 aliphatic heterocycles. The maximum Gasteiger partial charge on any atom is 0.141 e. The first kappa shape index (κ1) is 15.8. The van der Waals surface area contributed by atoms with Crippen molar-refractivity contribution in [3.63, 3.8) is 0 Å². The number of benzene rings is 1. The summed E-state index contributed by atoms with van der Waals surface area (Å²) < 4.78 is 5.39. The van der Waals surface area contributed by atoms with Gasteiger partial charge < -0.3 is 15.8 Å². The third-order valence-corrected chi connectivity index (χ3v) is 3.20. The summed E-state index contributed by atoms with van der Waals surface area (Å²) in [5, 5.41) is 3.45. The van der Waals surface area contributed by atoms with Gasteiger partial charge in [0.1, 0.15) is 5.75 Å². The Morgan fingerprint density at radius 2 is 2.00 bits per heavy atom. The van der Waals surface area contributed by atoms with Gasteiger partial charge in [-0.2, -0.15) is 0 Å². The second kappa shape index (κ2) is 6.80. The van der Waals surface area contributed by atoms with Crippen LogP contribution in [0, 0.1) is 0 Å². The molecule has 0 aliphatic rings. The molecule has 0 amide bonds. The Bertz CT molecular complexity index is 394. The highest BCUT2D eigenvalue weighted by Crippen LogP contribution is 2.28. The molecule has 0 atom stereocenters. The molecule has 0 radical (unpaired) electrons. The van der Waals surface area contributed by atoms with Crippen LogP contribution in [0.3, 0.4) is 0 Å². The van der Waals surface area contributed by atoms with E-state index in [0.29, 0.717) is 5.92 Å². The first-order valence-corrected chi connectivity index (χ1v) is 7.04. The van der Waals surface area contributed by atoms with Crippen LogP contribution >= 0.6 is 0 Å². The minimum atomic E-state index is -0.0917. The van der Waals surface area contributed by atoms with Gasteiger partial charge in [-0.15, -0.1) is 0 Å². The second-order valence-electron chi connectivity index (χ2n) is 6.13. The van der Waals surface area contributed by atoms with Gasteiger partial charge in [-0.05, 0) is 50.3 Å². The number of ether oxygens (including phenoxy) is 1. The van der Waals surface area contributed by atoms with E-state index in [9.17, 15) is 0 Å². The zero-order chi connectivity index (χ0) is 14.5. The van der Waals surface area contributed by atoms with E-state index in [2.05, 4.69) is 45.1 Å². The van der Waals surface area contributed by atoms with Crippen molar-refractivity contribution >= 4 is 5.69 Å². The van der Waals surface area contributed by atoms with Crippen molar-refractivity contribution in [1.82, 2.24) is 0 Å². The second-order valence-corrected chi connectivity index (χ2v) is 6.13. The number of hydrogen-bond donors (Lipinski definition) is 2. The summed E-state index contributed by atoms with van der Waals surface area (Å²) in [6.07, 6.45) is 2.06. The molecule has 3 heteroatoms. The number of methoxy groups -OCH3 is 1. The molecule has 1 aromatic rings.